The monoisotopic (exact) mass is 315 g/mol. The van der Waals surface area contributed by atoms with Crippen molar-refractivity contribution in [3.63, 3.8) is 0 Å². The van der Waals surface area contributed by atoms with Gasteiger partial charge < -0.3 is 0 Å². The van der Waals surface area contributed by atoms with Crippen molar-refractivity contribution in [1.29, 1.82) is 0 Å². The second-order valence-electron chi connectivity index (χ2n) is 4.28. The van der Waals surface area contributed by atoms with Gasteiger partial charge in [0.15, 0.2) is 0 Å². The third-order valence-corrected chi connectivity index (χ3v) is 3.52. The Kier molecular flexibility index (Phi) is 4.56. The SMILES string of the molecule is CCCc1nnc(NC(=O)c2ccc(C(F)(F)F)cc2)s1. The van der Waals surface area contributed by atoms with E-state index >= 15 is 0 Å². The van der Waals surface area contributed by atoms with Gasteiger partial charge in [0.25, 0.3) is 5.91 Å². The highest BCUT2D eigenvalue weighted by Gasteiger charge is 2.30. The van der Waals surface area contributed by atoms with Crippen molar-refractivity contribution in [1.82, 2.24) is 10.2 Å². The molecule has 0 aliphatic rings. The maximum atomic E-state index is 12.4. The minimum Gasteiger partial charge on any atom is -0.296 e. The summed E-state index contributed by atoms with van der Waals surface area (Å²) in [7, 11) is 0. The minimum atomic E-state index is -4.41. The molecule has 0 aliphatic heterocycles. The third-order valence-electron chi connectivity index (χ3n) is 2.63. The highest BCUT2D eigenvalue weighted by molar-refractivity contribution is 7.15. The Morgan fingerprint density at radius 2 is 1.90 bits per heavy atom. The van der Waals surface area contributed by atoms with E-state index in [-0.39, 0.29) is 5.56 Å². The molecule has 112 valence electrons. The van der Waals surface area contributed by atoms with Crippen molar-refractivity contribution in [2.24, 2.45) is 0 Å². The molecule has 21 heavy (non-hydrogen) atoms. The number of rotatable bonds is 4. The zero-order chi connectivity index (χ0) is 15.5. The van der Waals surface area contributed by atoms with Gasteiger partial charge in [0, 0.05) is 12.0 Å². The fraction of sp³-hybridized carbons (Fsp3) is 0.308. The van der Waals surface area contributed by atoms with E-state index in [0.717, 1.165) is 42.1 Å². The van der Waals surface area contributed by atoms with Gasteiger partial charge in [-0.15, -0.1) is 10.2 Å². The van der Waals surface area contributed by atoms with Crippen LogP contribution in [0, 0.1) is 0 Å². The minimum absolute atomic E-state index is 0.134. The van der Waals surface area contributed by atoms with Crippen molar-refractivity contribution in [3.8, 4) is 0 Å². The summed E-state index contributed by atoms with van der Waals surface area (Å²) < 4.78 is 37.3. The molecule has 0 radical (unpaired) electrons. The maximum absolute atomic E-state index is 12.4. The zero-order valence-corrected chi connectivity index (χ0v) is 11.9. The lowest BCUT2D eigenvalue weighted by atomic mass is 10.1. The van der Waals surface area contributed by atoms with Crippen LogP contribution in [-0.4, -0.2) is 16.1 Å². The molecular formula is C13H12F3N3OS. The number of amides is 1. The van der Waals surface area contributed by atoms with Gasteiger partial charge in [-0.3, -0.25) is 10.1 Å². The second kappa shape index (κ2) is 6.21. The van der Waals surface area contributed by atoms with Gasteiger partial charge in [0.2, 0.25) is 5.13 Å². The van der Waals surface area contributed by atoms with Crippen LogP contribution in [-0.2, 0) is 12.6 Å². The van der Waals surface area contributed by atoms with Crippen molar-refractivity contribution < 1.29 is 18.0 Å². The van der Waals surface area contributed by atoms with Crippen LogP contribution in [0.3, 0.4) is 0 Å². The molecule has 0 spiro atoms. The predicted octanol–water partition coefficient (Wildman–Crippen LogP) is 3.76. The number of benzene rings is 1. The largest absolute Gasteiger partial charge is 0.416 e. The number of nitrogens with one attached hydrogen (secondary N) is 1. The quantitative estimate of drug-likeness (QED) is 0.934. The Labute approximate surface area is 123 Å². The fourth-order valence-corrected chi connectivity index (χ4v) is 2.44. The van der Waals surface area contributed by atoms with Crippen LogP contribution in [0.25, 0.3) is 0 Å². The molecule has 0 saturated carbocycles. The van der Waals surface area contributed by atoms with E-state index in [9.17, 15) is 18.0 Å². The summed E-state index contributed by atoms with van der Waals surface area (Å²) in [5.41, 5.74) is -0.657. The van der Waals surface area contributed by atoms with Crippen molar-refractivity contribution in [2.45, 2.75) is 25.9 Å². The highest BCUT2D eigenvalue weighted by Crippen LogP contribution is 2.29. The Morgan fingerprint density at radius 1 is 1.24 bits per heavy atom. The number of carbonyl (C=O) groups is 1. The predicted molar refractivity (Wildman–Crippen MR) is 73.3 cm³/mol. The van der Waals surface area contributed by atoms with Crippen LogP contribution < -0.4 is 5.32 Å². The number of alkyl halides is 3. The van der Waals surface area contributed by atoms with Crippen LogP contribution in [0.1, 0.15) is 34.3 Å². The van der Waals surface area contributed by atoms with E-state index < -0.39 is 17.6 Å². The molecule has 1 aromatic heterocycles. The average Bonchev–Trinajstić information content (AvgIpc) is 2.86. The molecule has 4 nitrogen and oxygen atoms in total. The van der Waals surface area contributed by atoms with Gasteiger partial charge in [0.1, 0.15) is 5.01 Å². The summed E-state index contributed by atoms with van der Waals surface area (Å²) in [5.74, 6) is -0.511. The number of carbonyl (C=O) groups excluding carboxylic acids is 1. The Bertz CT molecular complexity index is 622. The van der Waals surface area contributed by atoms with Crippen LogP contribution in [0.4, 0.5) is 18.3 Å². The molecule has 0 bridgehead atoms. The molecule has 1 aromatic carbocycles. The molecule has 1 heterocycles. The van der Waals surface area contributed by atoms with Gasteiger partial charge in [-0.2, -0.15) is 13.2 Å². The van der Waals surface area contributed by atoms with E-state index in [1.807, 2.05) is 6.92 Å². The number of anilines is 1. The number of aryl methyl sites for hydroxylation is 1. The van der Waals surface area contributed by atoms with E-state index in [2.05, 4.69) is 15.5 Å². The van der Waals surface area contributed by atoms with Crippen LogP contribution in [0.15, 0.2) is 24.3 Å². The molecule has 1 N–H and O–H groups in total. The standard InChI is InChI=1S/C13H12F3N3OS/c1-2-3-10-18-19-12(21-10)17-11(20)8-4-6-9(7-5-8)13(14,15)16/h4-7H,2-3H2,1H3,(H,17,19,20). The van der Waals surface area contributed by atoms with Crippen molar-refractivity contribution >= 4 is 22.4 Å². The molecule has 0 saturated heterocycles. The molecule has 0 atom stereocenters. The summed E-state index contributed by atoms with van der Waals surface area (Å²) in [4.78, 5) is 11.9. The molecule has 0 unspecified atom stereocenters. The molecule has 2 rings (SSSR count). The number of nitrogens with zero attached hydrogens (tertiary/aromatic N) is 2. The van der Waals surface area contributed by atoms with E-state index in [4.69, 9.17) is 0 Å². The fourth-order valence-electron chi connectivity index (χ4n) is 1.60. The number of hydrogen-bond donors (Lipinski definition) is 1. The molecule has 0 fully saturated rings. The number of halogens is 3. The van der Waals surface area contributed by atoms with Crippen LogP contribution in [0.5, 0.6) is 0 Å². The van der Waals surface area contributed by atoms with Crippen molar-refractivity contribution in [2.75, 3.05) is 5.32 Å². The number of hydrogen-bond acceptors (Lipinski definition) is 4. The van der Waals surface area contributed by atoms with Gasteiger partial charge in [-0.1, -0.05) is 18.3 Å². The summed E-state index contributed by atoms with van der Waals surface area (Å²) >= 11 is 1.25. The molecule has 2 aromatic rings. The third kappa shape index (κ3) is 4.01. The molecule has 8 heteroatoms. The van der Waals surface area contributed by atoms with Gasteiger partial charge >= 0.3 is 6.18 Å². The summed E-state index contributed by atoms with van der Waals surface area (Å²) in [5, 5.41) is 11.4. The normalized spacial score (nSPS) is 11.4. The number of aromatic nitrogens is 2. The van der Waals surface area contributed by atoms with Gasteiger partial charge in [0.05, 0.1) is 5.56 Å². The summed E-state index contributed by atoms with van der Waals surface area (Å²) in [6, 6.07) is 4.01. The lowest BCUT2D eigenvalue weighted by Gasteiger charge is -2.07. The lowest BCUT2D eigenvalue weighted by molar-refractivity contribution is -0.137. The van der Waals surface area contributed by atoms with E-state index in [1.165, 1.54) is 11.3 Å². The Balaban J connectivity index is 2.06. The highest BCUT2D eigenvalue weighted by atomic mass is 32.1. The summed E-state index contributed by atoms with van der Waals surface area (Å²) in [6.45, 7) is 2.00. The van der Waals surface area contributed by atoms with E-state index in [0.29, 0.717) is 5.13 Å². The first-order valence-electron chi connectivity index (χ1n) is 6.21. The smallest absolute Gasteiger partial charge is 0.296 e. The van der Waals surface area contributed by atoms with Crippen LogP contribution in [0.2, 0.25) is 0 Å². The molecular weight excluding hydrogens is 303 g/mol. The van der Waals surface area contributed by atoms with E-state index in [1.54, 1.807) is 0 Å². The Hall–Kier alpha value is -1.96. The average molecular weight is 315 g/mol. The zero-order valence-electron chi connectivity index (χ0n) is 11.1. The topological polar surface area (TPSA) is 54.9 Å². The Morgan fingerprint density at radius 3 is 2.48 bits per heavy atom. The lowest BCUT2D eigenvalue weighted by Crippen LogP contribution is -2.12. The maximum Gasteiger partial charge on any atom is 0.416 e. The van der Waals surface area contributed by atoms with Gasteiger partial charge in [-0.25, -0.2) is 0 Å². The molecule has 1 amide bonds. The second-order valence-corrected chi connectivity index (χ2v) is 5.34. The summed E-state index contributed by atoms with van der Waals surface area (Å²) in [6.07, 6.45) is -2.72. The molecule has 0 aliphatic carbocycles. The van der Waals surface area contributed by atoms with Crippen molar-refractivity contribution in [3.05, 3.63) is 40.4 Å². The first-order valence-corrected chi connectivity index (χ1v) is 7.03. The van der Waals surface area contributed by atoms with Crippen LogP contribution >= 0.6 is 11.3 Å². The first-order chi connectivity index (χ1) is 9.90. The first kappa shape index (κ1) is 15.4. The van der Waals surface area contributed by atoms with Gasteiger partial charge in [-0.05, 0) is 30.7 Å².